The van der Waals surface area contributed by atoms with Crippen LogP contribution in [0.3, 0.4) is 0 Å². The van der Waals surface area contributed by atoms with Crippen molar-refractivity contribution >= 4 is 37.3 Å². The number of aromatic nitrogens is 1. The number of alkyl halides is 3. The third kappa shape index (κ3) is 7.90. The fourth-order valence-corrected chi connectivity index (χ4v) is 7.12. The standard InChI is InChI=1S/C31H43ClF4N4O2Si/c1-21-18-22(31(34,35)36)19-27(37-21)40-17-12-26(42-43(5,6)30(2,3)4)28(40)29(41)39(16-9-15-38-13-7-8-14-38)23-10-11-25(33)24(32)20-23/h10-11,18-20,26,28H,7-9,12-17H2,1-6H3/t26-,28+/m1/s1. The molecule has 0 N–H and O–H groups in total. The van der Waals surface area contributed by atoms with E-state index in [1.165, 1.54) is 25.1 Å². The number of pyridine rings is 1. The van der Waals surface area contributed by atoms with Gasteiger partial charge in [-0.1, -0.05) is 32.4 Å². The molecule has 2 atom stereocenters. The summed E-state index contributed by atoms with van der Waals surface area (Å²) in [6.07, 6.45) is -1.73. The minimum atomic E-state index is -4.56. The van der Waals surface area contributed by atoms with Gasteiger partial charge < -0.3 is 19.1 Å². The molecule has 1 amide bonds. The minimum Gasteiger partial charge on any atom is -0.411 e. The van der Waals surface area contributed by atoms with Crippen LogP contribution in [-0.4, -0.2) is 69.0 Å². The summed E-state index contributed by atoms with van der Waals surface area (Å²) in [5.74, 6) is -0.844. The van der Waals surface area contributed by atoms with E-state index in [9.17, 15) is 22.4 Å². The summed E-state index contributed by atoms with van der Waals surface area (Å²) in [5, 5.41) is -0.263. The summed E-state index contributed by atoms with van der Waals surface area (Å²) >= 11 is 6.16. The van der Waals surface area contributed by atoms with E-state index >= 15 is 0 Å². The zero-order valence-electron chi connectivity index (χ0n) is 25.9. The fourth-order valence-electron chi connectivity index (χ4n) is 5.59. The molecule has 238 valence electrons. The molecule has 43 heavy (non-hydrogen) atoms. The molecule has 2 aliphatic rings. The molecule has 0 unspecified atom stereocenters. The van der Waals surface area contributed by atoms with E-state index < -0.39 is 38.0 Å². The number of carbonyl (C=O) groups is 1. The maximum atomic E-state index is 14.7. The van der Waals surface area contributed by atoms with Crippen molar-refractivity contribution in [3.63, 3.8) is 0 Å². The Kier molecular flexibility index (Phi) is 10.2. The normalized spacial score (nSPS) is 20.2. The molecule has 1 aromatic heterocycles. The fraction of sp³-hybridized carbons (Fsp3) is 0.613. The lowest BCUT2D eigenvalue weighted by Gasteiger charge is -2.41. The highest BCUT2D eigenvalue weighted by atomic mass is 35.5. The zero-order chi connectivity index (χ0) is 31.7. The van der Waals surface area contributed by atoms with Crippen molar-refractivity contribution in [3.8, 4) is 0 Å². The number of hydrogen-bond donors (Lipinski definition) is 0. The van der Waals surface area contributed by atoms with Crippen molar-refractivity contribution in [2.24, 2.45) is 0 Å². The Labute approximate surface area is 258 Å². The van der Waals surface area contributed by atoms with E-state index in [0.29, 0.717) is 31.6 Å². The first kappa shape index (κ1) is 33.7. The van der Waals surface area contributed by atoms with Crippen LogP contribution in [0.4, 0.5) is 29.1 Å². The van der Waals surface area contributed by atoms with E-state index in [-0.39, 0.29) is 27.5 Å². The van der Waals surface area contributed by atoms with Gasteiger partial charge in [-0.25, -0.2) is 9.37 Å². The third-order valence-electron chi connectivity index (χ3n) is 8.94. The van der Waals surface area contributed by atoms with Crippen LogP contribution in [0.1, 0.15) is 57.7 Å². The number of amides is 1. The quantitative estimate of drug-likeness (QED) is 0.207. The lowest BCUT2D eigenvalue weighted by Crippen LogP contribution is -2.55. The molecule has 0 spiro atoms. The minimum absolute atomic E-state index is 0.0844. The molecule has 2 aromatic rings. The Balaban J connectivity index is 1.75. The average molecular weight is 643 g/mol. The summed E-state index contributed by atoms with van der Waals surface area (Å²) in [5.41, 5.74) is -0.177. The van der Waals surface area contributed by atoms with E-state index in [2.05, 4.69) is 43.7 Å². The number of likely N-dealkylation sites (tertiary alicyclic amines) is 1. The number of anilines is 2. The van der Waals surface area contributed by atoms with Crippen molar-refractivity contribution in [2.45, 2.75) is 89.8 Å². The maximum Gasteiger partial charge on any atom is 0.416 e. The molecule has 0 aliphatic carbocycles. The molecule has 2 saturated heterocycles. The molecule has 12 heteroatoms. The number of aryl methyl sites for hydroxylation is 1. The van der Waals surface area contributed by atoms with E-state index in [1.54, 1.807) is 9.80 Å². The lowest BCUT2D eigenvalue weighted by atomic mass is 10.1. The molecule has 0 bridgehead atoms. The number of hydrogen-bond acceptors (Lipinski definition) is 5. The van der Waals surface area contributed by atoms with Crippen molar-refractivity contribution < 1.29 is 26.8 Å². The van der Waals surface area contributed by atoms with Gasteiger partial charge in [0.15, 0.2) is 8.32 Å². The first-order valence-corrected chi connectivity index (χ1v) is 18.3. The van der Waals surface area contributed by atoms with E-state index in [4.69, 9.17) is 16.0 Å². The largest absolute Gasteiger partial charge is 0.416 e. The number of rotatable bonds is 9. The molecule has 2 aliphatic heterocycles. The summed E-state index contributed by atoms with van der Waals surface area (Å²) in [7, 11) is -2.39. The second-order valence-corrected chi connectivity index (χ2v) is 18.4. The van der Waals surface area contributed by atoms with Gasteiger partial charge in [0.2, 0.25) is 0 Å². The van der Waals surface area contributed by atoms with Crippen molar-refractivity contribution in [2.75, 3.05) is 42.5 Å². The van der Waals surface area contributed by atoms with Crippen LogP contribution in [0.15, 0.2) is 30.3 Å². The number of nitrogens with zero attached hydrogens (tertiary/aromatic N) is 4. The van der Waals surface area contributed by atoms with Gasteiger partial charge in [0.05, 0.1) is 16.7 Å². The van der Waals surface area contributed by atoms with E-state index in [1.807, 2.05) is 0 Å². The topological polar surface area (TPSA) is 48.9 Å². The highest BCUT2D eigenvalue weighted by Gasteiger charge is 2.48. The molecule has 6 nitrogen and oxygen atoms in total. The Hall–Kier alpha value is -2.21. The van der Waals surface area contributed by atoms with E-state index in [0.717, 1.165) is 44.6 Å². The Bertz CT molecular complexity index is 1300. The van der Waals surface area contributed by atoms with Gasteiger partial charge in [-0.3, -0.25) is 4.79 Å². The molecular formula is C31H43ClF4N4O2Si. The lowest BCUT2D eigenvalue weighted by molar-refractivity contribution is -0.137. The molecule has 0 saturated carbocycles. The first-order valence-electron chi connectivity index (χ1n) is 15.0. The van der Waals surface area contributed by atoms with Gasteiger partial charge in [0.1, 0.15) is 17.7 Å². The highest BCUT2D eigenvalue weighted by Crippen LogP contribution is 2.41. The monoisotopic (exact) mass is 642 g/mol. The molecule has 1 aromatic carbocycles. The van der Waals surface area contributed by atoms with Gasteiger partial charge >= 0.3 is 6.18 Å². The highest BCUT2D eigenvalue weighted by molar-refractivity contribution is 6.74. The van der Waals surface area contributed by atoms with Gasteiger partial charge in [-0.15, -0.1) is 0 Å². The van der Waals surface area contributed by atoms with Crippen LogP contribution in [0, 0.1) is 12.7 Å². The average Bonchev–Trinajstić information content (AvgIpc) is 3.56. The predicted molar refractivity (Wildman–Crippen MR) is 166 cm³/mol. The summed E-state index contributed by atoms with van der Waals surface area (Å²) in [6.45, 7) is 15.5. The molecule has 0 radical (unpaired) electrons. The first-order chi connectivity index (χ1) is 20.0. The smallest absolute Gasteiger partial charge is 0.411 e. The summed E-state index contributed by atoms with van der Waals surface area (Å²) in [4.78, 5) is 24.7. The Morgan fingerprint density at radius 3 is 2.40 bits per heavy atom. The van der Waals surface area contributed by atoms with Crippen LogP contribution >= 0.6 is 11.6 Å². The number of halogens is 5. The molecule has 3 heterocycles. The number of benzene rings is 1. The molecule has 4 rings (SSSR count). The SMILES string of the molecule is Cc1cc(C(F)(F)F)cc(N2CC[C@@H](O[Si](C)(C)C(C)(C)C)[C@H]2C(=O)N(CCCN2CCCC2)c2ccc(F)c(Cl)c2)n1. The van der Waals surface area contributed by atoms with Crippen LogP contribution < -0.4 is 9.80 Å². The third-order valence-corrected chi connectivity index (χ3v) is 13.7. The van der Waals surface area contributed by atoms with Crippen molar-refractivity contribution in [1.29, 1.82) is 0 Å². The van der Waals surface area contributed by atoms with Crippen LogP contribution in [0.5, 0.6) is 0 Å². The van der Waals surface area contributed by atoms with Gasteiger partial charge in [0.25, 0.3) is 5.91 Å². The Morgan fingerprint density at radius 2 is 1.79 bits per heavy atom. The second kappa shape index (κ2) is 13.0. The van der Waals surface area contributed by atoms with Crippen molar-refractivity contribution in [3.05, 3.63) is 52.4 Å². The van der Waals surface area contributed by atoms with Gasteiger partial charge in [-0.05, 0) is 101 Å². The summed E-state index contributed by atoms with van der Waals surface area (Å²) in [6, 6.07) is 5.26. The van der Waals surface area contributed by atoms with Gasteiger partial charge in [-0.2, -0.15) is 13.2 Å². The predicted octanol–water partition coefficient (Wildman–Crippen LogP) is 7.69. The maximum absolute atomic E-state index is 14.7. The Morgan fingerprint density at radius 1 is 1.12 bits per heavy atom. The van der Waals surface area contributed by atoms with Crippen LogP contribution in [0.25, 0.3) is 0 Å². The molecular weight excluding hydrogens is 600 g/mol. The zero-order valence-corrected chi connectivity index (χ0v) is 27.7. The number of carbonyl (C=O) groups excluding carboxylic acids is 1. The van der Waals surface area contributed by atoms with Gasteiger partial charge in [0, 0.05) is 24.5 Å². The summed E-state index contributed by atoms with van der Waals surface area (Å²) < 4.78 is 62.4. The second-order valence-electron chi connectivity index (χ2n) is 13.2. The van der Waals surface area contributed by atoms with Crippen molar-refractivity contribution in [1.82, 2.24) is 9.88 Å². The van der Waals surface area contributed by atoms with Crippen LogP contribution in [0.2, 0.25) is 23.2 Å². The van der Waals surface area contributed by atoms with Crippen LogP contribution in [-0.2, 0) is 15.4 Å². The molecule has 2 fully saturated rings.